The van der Waals surface area contributed by atoms with Crippen molar-refractivity contribution in [3.8, 4) is 5.75 Å². The monoisotopic (exact) mass is 348 g/mol. The van der Waals surface area contributed by atoms with Crippen LogP contribution in [0, 0.1) is 5.92 Å². The lowest BCUT2D eigenvalue weighted by molar-refractivity contribution is -0.136. The number of benzene rings is 1. The summed E-state index contributed by atoms with van der Waals surface area (Å²) in [6.45, 7) is 6.53. The summed E-state index contributed by atoms with van der Waals surface area (Å²) in [4.78, 5) is 13.9. The van der Waals surface area contributed by atoms with Crippen LogP contribution in [-0.4, -0.2) is 36.5 Å². The molecule has 0 saturated heterocycles. The molecule has 0 aliphatic heterocycles. The third kappa shape index (κ3) is 6.86. The number of amides is 1. The van der Waals surface area contributed by atoms with Crippen molar-refractivity contribution in [2.75, 3.05) is 13.6 Å². The zero-order valence-electron chi connectivity index (χ0n) is 13.6. The molecule has 0 radical (unpaired) electrons. The zero-order valence-corrected chi connectivity index (χ0v) is 15.2. The molecular weight excluding hydrogens is 323 g/mol. The first-order chi connectivity index (χ1) is 9.81. The molecule has 126 valence electrons. The zero-order chi connectivity index (χ0) is 16.0. The van der Waals surface area contributed by atoms with Crippen molar-refractivity contribution in [1.82, 2.24) is 4.90 Å². The Labute approximate surface area is 144 Å². The summed E-state index contributed by atoms with van der Waals surface area (Å²) in [6.07, 6.45) is 0.229. The maximum absolute atomic E-state index is 12.2. The molecule has 1 amide bonds. The molecule has 4 nitrogen and oxygen atoms in total. The van der Waals surface area contributed by atoms with Gasteiger partial charge in [-0.1, -0.05) is 31.5 Å². The van der Waals surface area contributed by atoms with E-state index < -0.39 is 6.10 Å². The summed E-state index contributed by atoms with van der Waals surface area (Å²) >= 11 is 5.90. The molecule has 0 aliphatic carbocycles. The highest BCUT2D eigenvalue weighted by atomic mass is 35.5. The Balaban J connectivity index is 0.00000441. The van der Waals surface area contributed by atoms with E-state index in [0.717, 1.165) is 6.42 Å². The summed E-state index contributed by atoms with van der Waals surface area (Å²) in [7, 11) is 1.77. The van der Waals surface area contributed by atoms with E-state index in [2.05, 4.69) is 13.8 Å². The Hall–Kier alpha value is -0.970. The van der Waals surface area contributed by atoms with Gasteiger partial charge in [0.2, 0.25) is 0 Å². The van der Waals surface area contributed by atoms with Crippen LogP contribution in [0.1, 0.15) is 27.2 Å². The fraction of sp³-hybridized carbons (Fsp3) is 0.562. The van der Waals surface area contributed by atoms with Gasteiger partial charge in [0.1, 0.15) is 5.75 Å². The van der Waals surface area contributed by atoms with E-state index in [9.17, 15) is 4.79 Å². The molecule has 2 atom stereocenters. The van der Waals surface area contributed by atoms with Gasteiger partial charge in [0.15, 0.2) is 6.10 Å². The van der Waals surface area contributed by atoms with Gasteiger partial charge in [-0.3, -0.25) is 4.79 Å². The van der Waals surface area contributed by atoms with Gasteiger partial charge in [0.25, 0.3) is 5.91 Å². The topological polar surface area (TPSA) is 55.6 Å². The number of nitrogens with two attached hydrogens (primary N) is 1. The van der Waals surface area contributed by atoms with E-state index in [0.29, 0.717) is 23.2 Å². The first-order valence-electron chi connectivity index (χ1n) is 7.24. The standard InChI is InChI=1S/C16H25ClN2O2.ClH/c1-11(2)15(18)8-9-19(4)16(20)12(3)21-14-7-5-6-13(17)10-14;/h5-7,10-12,15H,8-9,18H2,1-4H3;1H. The molecule has 0 fully saturated rings. The molecule has 0 aromatic heterocycles. The second-order valence-electron chi connectivity index (χ2n) is 5.67. The Morgan fingerprint density at radius 3 is 2.55 bits per heavy atom. The number of rotatable bonds is 7. The maximum Gasteiger partial charge on any atom is 0.263 e. The van der Waals surface area contributed by atoms with Gasteiger partial charge in [-0.05, 0) is 37.5 Å². The van der Waals surface area contributed by atoms with Crippen molar-refractivity contribution < 1.29 is 9.53 Å². The summed E-state index contributed by atoms with van der Waals surface area (Å²) in [5, 5.41) is 0.586. The molecule has 1 aromatic rings. The normalized spacial score (nSPS) is 13.2. The summed E-state index contributed by atoms with van der Waals surface area (Å²) in [5.74, 6) is 0.940. The fourth-order valence-electron chi connectivity index (χ4n) is 1.89. The number of hydrogen-bond donors (Lipinski definition) is 1. The Bertz CT molecular complexity index is 469. The minimum absolute atomic E-state index is 0. The third-order valence-electron chi connectivity index (χ3n) is 3.49. The van der Waals surface area contributed by atoms with E-state index >= 15 is 0 Å². The van der Waals surface area contributed by atoms with E-state index in [-0.39, 0.29) is 24.4 Å². The van der Waals surface area contributed by atoms with Crippen molar-refractivity contribution in [2.24, 2.45) is 11.7 Å². The molecule has 0 heterocycles. The predicted molar refractivity (Wildman–Crippen MR) is 93.9 cm³/mol. The number of carbonyl (C=O) groups is 1. The van der Waals surface area contributed by atoms with Crippen LogP contribution in [0.3, 0.4) is 0 Å². The van der Waals surface area contributed by atoms with Crippen molar-refractivity contribution in [3.05, 3.63) is 29.3 Å². The van der Waals surface area contributed by atoms with Gasteiger partial charge in [0.05, 0.1) is 0 Å². The minimum atomic E-state index is -0.552. The molecule has 0 aliphatic rings. The van der Waals surface area contributed by atoms with Crippen LogP contribution >= 0.6 is 24.0 Å². The number of carbonyl (C=O) groups excluding carboxylic acids is 1. The highest BCUT2D eigenvalue weighted by Gasteiger charge is 2.20. The van der Waals surface area contributed by atoms with Crippen LogP contribution in [0.2, 0.25) is 5.02 Å². The average Bonchev–Trinajstić information content (AvgIpc) is 2.43. The molecule has 22 heavy (non-hydrogen) atoms. The lowest BCUT2D eigenvalue weighted by atomic mass is 10.0. The molecular formula is C16H26Cl2N2O2. The fourth-order valence-corrected chi connectivity index (χ4v) is 2.07. The molecule has 0 spiro atoms. The highest BCUT2D eigenvalue weighted by molar-refractivity contribution is 6.30. The molecule has 2 N–H and O–H groups in total. The predicted octanol–water partition coefficient (Wildman–Crippen LogP) is 3.36. The summed E-state index contributed by atoms with van der Waals surface area (Å²) in [5.41, 5.74) is 6.00. The van der Waals surface area contributed by atoms with Crippen LogP contribution in [-0.2, 0) is 4.79 Å². The number of likely N-dealkylation sites (N-methyl/N-ethyl adjacent to an activating group) is 1. The van der Waals surface area contributed by atoms with Gasteiger partial charge in [-0.15, -0.1) is 12.4 Å². The first kappa shape index (κ1) is 21.0. The smallest absolute Gasteiger partial charge is 0.263 e. The number of halogens is 2. The van der Waals surface area contributed by atoms with Crippen LogP contribution in [0.5, 0.6) is 5.75 Å². The Kier molecular flexibility index (Phi) is 9.49. The van der Waals surface area contributed by atoms with Gasteiger partial charge >= 0.3 is 0 Å². The lowest BCUT2D eigenvalue weighted by Gasteiger charge is -2.24. The van der Waals surface area contributed by atoms with Gasteiger partial charge in [-0.2, -0.15) is 0 Å². The van der Waals surface area contributed by atoms with Gasteiger partial charge in [-0.25, -0.2) is 0 Å². The quantitative estimate of drug-likeness (QED) is 0.821. The average molecular weight is 349 g/mol. The van der Waals surface area contributed by atoms with Crippen LogP contribution in [0.15, 0.2) is 24.3 Å². The second kappa shape index (κ2) is 9.93. The number of ether oxygens (including phenoxy) is 1. The molecule has 1 rings (SSSR count). The van der Waals surface area contributed by atoms with Crippen molar-refractivity contribution in [1.29, 1.82) is 0 Å². The summed E-state index contributed by atoms with van der Waals surface area (Å²) < 4.78 is 5.63. The maximum atomic E-state index is 12.2. The molecule has 0 saturated carbocycles. The largest absolute Gasteiger partial charge is 0.481 e. The molecule has 2 unspecified atom stereocenters. The Morgan fingerprint density at radius 1 is 1.36 bits per heavy atom. The van der Waals surface area contributed by atoms with E-state index in [1.807, 2.05) is 0 Å². The van der Waals surface area contributed by atoms with Crippen LogP contribution < -0.4 is 10.5 Å². The van der Waals surface area contributed by atoms with Crippen molar-refractivity contribution in [3.63, 3.8) is 0 Å². The van der Waals surface area contributed by atoms with Crippen molar-refractivity contribution in [2.45, 2.75) is 39.3 Å². The molecule has 6 heteroatoms. The lowest BCUT2D eigenvalue weighted by Crippen LogP contribution is -2.40. The Morgan fingerprint density at radius 2 is 2.00 bits per heavy atom. The summed E-state index contributed by atoms with van der Waals surface area (Å²) in [6, 6.07) is 7.13. The van der Waals surface area contributed by atoms with Crippen LogP contribution in [0.4, 0.5) is 0 Å². The second-order valence-corrected chi connectivity index (χ2v) is 6.11. The number of nitrogens with zero attached hydrogens (tertiary/aromatic N) is 1. The van der Waals surface area contributed by atoms with Crippen LogP contribution in [0.25, 0.3) is 0 Å². The van der Waals surface area contributed by atoms with E-state index in [4.69, 9.17) is 22.1 Å². The SMILES string of the molecule is CC(Oc1cccc(Cl)c1)C(=O)N(C)CCC(N)C(C)C.Cl. The van der Waals surface area contributed by atoms with Gasteiger partial charge < -0.3 is 15.4 Å². The van der Waals surface area contributed by atoms with E-state index in [1.54, 1.807) is 43.1 Å². The third-order valence-corrected chi connectivity index (χ3v) is 3.72. The first-order valence-corrected chi connectivity index (χ1v) is 7.61. The van der Waals surface area contributed by atoms with Crippen molar-refractivity contribution >= 4 is 29.9 Å². The number of hydrogen-bond acceptors (Lipinski definition) is 3. The van der Waals surface area contributed by atoms with Gasteiger partial charge in [0, 0.05) is 24.7 Å². The minimum Gasteiger partial charge on any atom is -0.481 e. The molecule has 1 aromatic carbocycles. The van der Waals surface area contributed by atoms with E-state index in [1.165, 1.54) is 0 Å². The molecule has 0 bridgehead atoms. The highest BCUT2D eigenvalue weighted by Crippen LogP contribution is 2.18.